The molecule has 1 amide bonds. The van der Waals surface area contributed by atoms with E-state index in [-0.39, 0.29) is 17.5 Å². The van der Waals surface area contributed by atoms with Crippen LogP contribution in [0.15, 0.2) is 23.1 Å². The third kappa shape index (κ3) is 3.20. The molecule has 1 aromatic rings. The van der Waals surface area contributed by atoms with Crippen LogP contribution in [-0.4, -0.2) is 41.5 Å². The Morgan fingerprint density at radius 3 is 2.83 bits per heavy atom. The molecule has 2 rings (SSSR count). The van der Waals surface area contributed by atoms with Crippen molar-refractivity contribution in [2.45, 2.75) is 25.8 Å². The highest BCUT2D eigenvalue weighted by Gasteiger charge is 2.20. The fourth-order valence-electron chi connectivity index (χ4n) is 2.25. The lowest BCUT2D eigenvalue weighted by atomic mass is 10.0. The van der Waals surface area contributed by atoms with Crippen molar-refractivity contribution in [3.63, 3.8) is 0 Å². The van der Waals surface area contributed by atoms with E-state index in [4.69, 9.17) is 0 Å². The number of hydrogen-bond donors (Lipinski definition) is 2. The van der Waals surface area contributed by atoms with Crippen LogP contribution >= 0.6 is 0 Å². The van der Waals surface area contributed by atoms with Gasteiger partial charge in [-0.25, -0.2) is 0 Å². The van der Waals surface area contributed by atoms with Crippen LogP contribution in [0.25, 0.3) is 0 Å². The third-order valence-electron chi connectivity index (χ3n) is 3.41. The molecule has 0 aliphatic carbocycles. The third-order valence-corrected chi connectivity index (χ3v) is 3.41. The zero-order chi connectivity index (χ0) is 13.0. The van der Waals surface area contributed by atoms with E-state index < -0.39 is 0 Å². The Morgan fingerprint density at radius 1 is 1.50 bits per heavy atom. The number of aromatic nitrogens is 1. The molecule has 0 aromatic carbocycles. The molecular formula is C13H19N3O2. The van der Waals surface area contributed by atoms with E-state index in [1.54, 1.807) is 6.07 Å². The maximum atomic E-state index is 11.9. The minimum Gasteiger partial charge on any atom is -0.349 e. The molecule has 1 aromatic heterocycles. The van der Waals surface area contributed by atoms with Crippen molar-refractivity contribution in [2.75, 3.05) is 19.6 Å². The van der Waals surface area contributed by atoms with Gasteiger partial charge in [0.25, 0.3) is 5.91 Å². The molecule has 1 fully saturated rings. The monoisotopic (exact) mass is 249 g/mol. The molecule has 5 heteroatoms. The first kappa shape index (κ1) is 12.8. The normalized spacial score (nSPS) is 17.6. The van der Waals surface area contributed by atoms with Gasteiger partial charge < -0.3 is 15.2 Å². The molecule has 0 spiro atoms. The summed E-state index contributed by atoms with van der Waals surface area (Å²) in [4.78, 5) is 27.9. The van der Waals surface area contributed by atoms with E-state index in [0.717, 1.165) is 32.5 Å². The van der Waals surface area contributed by atoms with Gasteiger partial charge in [-0.05, 0) is 25.5 Å². The minimum atomic E-state index is -0.247. The van der Waals surface area contributed by atoms with Crippen molar-refractivity contribution < 1.29 is 4.79 Å². The van der Waals surface area contributed by atoms with E-state index in [1.165, 1.54) is 12.3 Å². The predicted molar refractivity (Wildman–Crippen MR) is 69.7 cm³/mol. The van der Waals surface area contributed by atoms with E-state index >= 15 is 0 Å². The molecule has 5 nitrogen and oxygen atoms in total. The Balaban J connectivity index is 1.90. The average Bonchev–Trinajstić information content (AvgIpc) is 2.39. The smallest absolute Gasteiger partial charge is 0.251 e. The summed E-state index contributed by atoms with van der Waals surface area (Å²) in [6.07, 6.45) is 3.45. The van der Waals surface area contributed by atoms with Gasteiger partial charge in [-0.3, -0.25) is 9.59 Å². The SMILES string of the molecule is CCN1CCC(NC(=O)c2cc[nH]c(=O)c2)CC1. The van der Waals surface area contributed by atoms with Crippen molar-refractivity contribution in [2.24, 2.45) is 0 Å². The summed E-state index contributed by atoms with van der Waals surface area (Å²) >= 11 is 0. The van der Waals surface area contributed by atoms with Crippen molar-refractivity contribution in [1.29, 1.82) is 0 Å². The van der Waals surface area contributed by atoms with Gasteiger partial charge >= 0.3 is 0 Å². The molecular weight excluding hydrogens is 230 g/mol. The second kappa shape index (κ2) is 5.82. The summed E-state index contributed by atoms with van der Waals surface area (Å²) in [7, 11) is 0. The maximum absolute atomic E-state index is 11.9. The summed E-state index contributed by atoms with van der Waals surface area (Å²) in [6, 6.07) is 3.17. The topological polar surface area (TPSA) is 65.2 Å². The molecule has 0 unspecified atom stereocenters. The lowest BCUT2D eigenvalue weighted by Crippen LogP contribution is -2.44. The van der Waals surface area contributed by atoms with Gasteiger partial charge in [-0.2, -0.15) is 0 Å². The van der Waals surface area contributed by atoms with Gasteiger partial charge in [-0.1, -0.05) is 6.92 Å². The minimum absolute atomic E-state index is 0.156. The number of nitrogens with zero attached hydrogens (tertiary/aromatic N) is 1. The first-order chi connectivity index (χ1) is 8.69. The van der Waals surface area contributed by atoms with Gasteiger partial charge in [0.05, 0.1) is 0 Å². The van der Waals surface area contributed by atoms with Gasteiger partial charge in [-0.15, -0.1) is 0 Å². The first-order valence-electron chi connectivity index (χ1n) is 6.41. The Bertz CT molecular complexity index is 461. The van der Waals surface area contributed by atoms with Crippen LogP contribution in [0.2, 0.25) is 0 Å². The highest BCUT2D eigenvalue weighted by molar-refractivity contribution is 5.94. The predicted octanol–water partition coefficient (Wildman–Crippen LogP) is 0.589. The van der Waals surface area contributed by atoms with Crippen LogP contribution in [0.4, 0.5) is 0 Å². The van der Waals surface area contributed by atoms with Crippen LogP contribution in [0.5, 0.6) is 0 Å². The van der Waals surface area contributed by atoms with Crippen molar-refractivity contribution in [1.82, 2.24) is 15.2 Å². The molecule has 18 heavy (non-hydrogen) atoms. The number of H-pyrrole nitrogens is 1. The first-order valence-corrected chi connectivity index (χ1v) is 6.41. The molecule has 1 aliphatic rings. The number of carbonyl (C=O) groups excluding carboxylic acids is 1. The van der Waals surface area contributed by atoms with Crippen LogP contribution in [0.1, 0.15) is 30.1 Å². The van der Waals surface area contributed by atoms with Crippen LogP contribution < -0.4 is 10.9 Å². The fraction of sp³-hybridized carbons (Fsp3) is 0.538. The number of likely N-dealkylation sites (tertiary alicyclic amines) is 1. The Kier molecular flexibility index (Phi) is 4.15. The second-order valence-corrected chi connectivity index (χ2v) is 4.62. The number of rotatable bonds is 3. The van der Waals surface area contributed by atoms with Crippen LogP contribution in [0, 0.1) is 0 Å². The number of amides is 1. The van der Waals surface area contributed by atoms with Crippen molar-refractivity contribution >= 4 is 5.91 Å². The highest BCUT2D eigenvalue weighted by atomic mass is 16.2. The zero-order valence-electron chi connectivity index (χ0n) is 10.6. The molecule has 0 saturated carbocycles. The molecule has 2 heterocycles. The number of aromatic amines is 1. The Morgan fingerprint density at radius 2 is 2.22 bits per heavy atom. The lowest BCUT2D eigenvalue weighted by Gasteiger charge is -2.31. The standard InChI is InChI=1S/C13H19N3O2/c1-2-16-7-4-11(5-8-16)15-13(18)10-3-6-14-12(17)9-10/h3,6,9,11H,2,4-5,7-8H2,1H3,(H,14,17)(H,15,18). The van der Waals surface area contributed by atoms with E-state index in [1.807, 2.05) is 0 Å². The zero-order valence-corrected chi connectivity index (χ0v) is 10.6. The average molecular weight is 249 g/mol. The van der Waals surface area contributed by atoms with E-state index in [9.17, 15) is 9.59 Å². The van der Waals surface area contributed by atoms with E-state index in [0.29, 0.717) is 5.56 Å². The van der Waals surface area contributed by atoms with Gasteiger partial charge in [0.15, 0.2) is 0 Å². The van der Waals surface area contributed by atoms with Crippen molar-refractivity contribution in [3.05, 3.63) is 34.2 Å². The van der Waals surface area contributed by atoms with Crippen LogP contribution in [0.3, 0.4) is 0 Å². The molecule has 0 atom stereocenters. The number of piperidine rings is 1. The maximum Gasteiger partial charge on any atom is 0.251 e. The number of hydrogen-bond acceptors (Lipinski definition) is 3. The second-order valence-electron chi connectivity index (χ2n) is 4.62. The Labute approximate surface area is 106 Å². The molecule has 2 N–H and O–H groups in total. The number of pyridine rings is 1. The quantitative estimate of drug-likeness (QED) is 0.824. The molecule has 98 valence electrons. The molecule has 1 aliphatic heterocycles. The fourth-order valence-corrected chi connectivity index (χ4v) is 2.25. The van der Waals surface area contributed by atoms with Gasteiger partial charge in [0.2, 0.25) is 5.56 Å². The molecule has 1 saturated heterocycles. The summed E-state index contributed by atoms with van der Waals surface area (Å²) in [5.41, 5.74) is 0.181. The number of carbonyl (C=O) groups is 1. The summed E-state index contributed by atoms with van der Waals surface area (Å²) < 4.78 is 0. The highest BCUT2D eigenvalue weighted by Crippen LogP contribution is 2.10. The molecule has 0 bridgehead atoms. The van der Waals surface area contributed by atoms with Gasteiger partial charge in [0, 0.05) is 37.0 Å². The summed E-state index contributed by atoms with van der Waals surface area (Å²) in [5, 5.41) is 2.99. The largest absolute Gasteiger partial charge is 0.349 e. The molecule has 0 radical (unpaired) electrons. The lowest BCUT2D eigenvalue weighted by molar-refractivity contribution is 0.0912. The van der Waals surface area contributed by atoms with E-state index in [2.05, 4.69) is 22.1 Å². The summed E-state index contributed by atoms with van der Waals surface area (Å²) in [5.74, 6) is -0.156. The Hall–Kier alpha value is -1.62. The van der Waals surface area contributed by atoms with Crippen molar-refractivity contribution in [3.8, 4) is 0 Å². The summed E-state index contributed by atoms with van der Waals surface area (Å²) in [6.45, 7) is 5.26. The van der Waals surface area contributed by atoms with Gasteiger partial charge in [0.1, 0.15) is 0 Å². The van der Waals surface area contributed by atoms with Crippen LogP contribution in [-0.2, 0) is 0 Å². The number of nitrogens with one attached hydrogen (secondary N) is 2.